The molecule has 3 aromatic rings. The van der Waals surface area contributed by atoms with Gasteiger partial charge in [0.2, 0.25) is 0 Å². The summed E-state index contributed by atoms with van der Waals surface area (Å²) in [4.78, 5) is 36.6. The molecule has 2 aliphatic rings. The molecule has 1 N–H and O–H groups in total. The first-order chi connectivity index (χ1) is 16.5. The summed E-state index contributed by atoms with van der Waals surface area (Å²) in [5, 5.41) is 9.38. The monoisotopic (exact) mass is 458 g/mol. The highest BCUT2D eigenvalue weighted by Gasteiger charge is 2.34. The molecule has 2 aromatic carbocycles. The standard InChI is InChI=1S/C26H30N6O2/c1-29-11-9-21(10-12-29)30-13-15-31(16-14-30)25(33)24(20-5-3-2-4-6-20)32-23-17-19(18-27)7-8-22(23)28-26(32)34/h2-8,17,21,24H,9-16H2,1H3,(H,28,34). The molecule has 0 bridgehead atoms. The lowest BCUT2D eigenvalue weighted by atomic mass is 10.0. The predicted octanol–water partition coefficient (Wildman–Crippen LogP) is 2.03. The Morgan fingerprint density at radius 3 is 2.41 bits per heavy atom. The van der Waals surface area contributed by atoms with Gasteiger partial charge in [-0.2, -0.15) is 5.26 Å². The molecule has 0 aliphatic carbocycles. The lowest BCUT2D eigenvalue weighted by molar-refractivity contribution is -0.135. The number of imidazole rings is 1. The molecule has 2 fully saturated rings. The first-order valence-electron chi connectivity index (χ1n) is 12.0. The number of H-pyrrole nitrogens is 1. The minimum absolute atomic E-state index is 0.0837. The highest BCUT2D eigenvalue weighted by Crippen LogP contribution is 2.26. The smallest absolute Gasteiger partial charge is 0.327 e. The number of nitrogens with zero attached hydrogens (tertiary/aromatic N) is 5. The van der Waals surface area contributed by atoms with Crippen LogP contribution in [0.1, 0.15) is 30.0 Å². The van der Waals surface area contributed by atoms with Gasteiger partial charge in [-0.25, -0.2) is 4.79 Å². The zero-order valence-electron chi connectivity index (χ0n) is 19.5. The van der Waals surface area contributed by atoms with Crippen LogP contribution in [-0.2, 0) is 4.79 Å². The van der Waals surface area contributed by atoms with Crippen LogP contribution in [0.2, 0.25) is 0 Å². The number of piperidine rings is 1. The van der Waals surface area contributed by atoms with E-state index in [0.717, 1.165) is 31.7 Å². The molecule has 1 atom stereocenters. The van der Waals surface area contributed by atoms with E-state index < -0.39 is 6.04 Å². The highest BCUT2D eigenvalue weighted by molar-refractivity contribution is 5.87. The maximum atomic E-state index is 13.9. The molecule has 2 saturated heterocycles. The number of hydrogen-bond acceptors (Lipinski definition) is 5. The summed E-state index contributed by atoms with van der Waals surface area (Å²) in [6.07, 6.45) is 2.34. The second-order valence-corrected chi connectivity index (χ2v) is 9.35. The number of aromatic nitrogens is 2. The van der Waals surface area contributed by atoms with Crippen molar-refractivity contribution in [2.24, 2.45) is 0 Å². The topological polar surface area (TPSA) is 88.4 Å². The SMILES string of the molecule is CN1CCC(N2CCN(C(=O)C(c3ccccc3)n3c(=O)[nH]c4ccc(C#N)cc43)CC2)CC1. The lowest BCUT2D eigenvalue weighted by Crippen LogP contribution is -2.55. The zero-order chi connectivity index (χ0) is 23.7. The molecule has 1 aromatic heterocycles. The Morgan fingerprint density at radius 2 is 1.74 bits per heavy atom. The van der Waals surface area contributed by atoms with Crippen molar-refractivity contribution >= 4 is 16.9 Å². The molecule has 8 heteroatoms. The molecule has 176 valence electrons. The summed E-state index contributed by atoms with van der Waals surface area (Å²) in [7, 11) is 2.17. The molecular formula is C26H30N6O2. The number of nitrogens with one attached hydrogen (secondary N) is 1. The number of fused-ring (bicyclic) bond motifs is 1. The van der Waals surface area contributed by atoms with Gasteiger partial charge in [-0.1, -0.05) is 30.3 Å². The van der Waals surface area contributed by atoms with Gasteiger partial charge in [-0.15, -0.1) is 0 Å². The molecular weight excluding hydrogens is 428 g/mol. The minimum Gasteiger partial charge on any atom is -0.338 e. The fourth-order valence-electron chi connectivity index (χ4n) is 5.33. The van der Waals surface area contributed by atoms with Crippen LogP contribution in [0.25, 0.3) is 11.0 Å². The van der Waals surface area contributed by atoms with Crippen molar-refractivity contribution in [2.75, 3.05) is 46.3 Å². The third-order valence-corrected chi connectivity index (χ3v) is 7.28. The number of likely N-dealkylation sites (tertiary alicyclic amines) is 1. The van der Waals surface area contributed by atoms with E-state index in [1.54, 1.807) is 18.2 Å². The third kappa shape index (κ3) is 4.25. The second-order valence-electron chi connectivity index (χ2n) is 9.35. The Morgan fingerprint density at radius 1 is 1.03 bits per heavy atom. The largest absolute Gasteiger partial charge is 0.338 e. The van der Waals surface area contributed by atoms with Gasteiger partial charge in [0.25, 0.3) is 5.91 Å². The van der Waals surface area contributed by atoms with Gasteiger partial charge in [-0.3, -0.25) is 14.3 Å². The number of benzene rings is 2. The van der Waals surface area contributed by atoms with Gasteiger partial charge in [0.05, 0.1) is 22.7 Å². The Balaban J connectivity index is 1.44. The summed E-state index contributed by atoms with van der Waals surface area (Å²) in [6.45, 7) is 5.23. The third-order valence-electron chi connectivity index (χ3n) is 7.28. The van der Waals surface area contributed by atoms with Crippen molar-refractivity contribution in [3.63, 3.8) is 0 Å². The van der Waals surface area contributed by atoms with E-state index in [-0.39, 0.29) is 11.6 Å². The second kappa shape index (κ2) is 9.45. The first-order valence-corrected chi connectivity index (χ1v) is 12.0. The van der Waals surface area contributed by atoms with Gasteiger partial charge >= 0.3 is 5.69 Å². The maximum Gasteiger partial charge on any atom is 0.327 e. The molecule has 1 amide bonds. The number of rotatable bonds is 4. The minimum atomic E-state index is -0.786. The van der Waals surface area contributed by atoms with Crippen molar-refractivity contribution in [1.82, 2.24) is 24.3 Å². The van der Waals surface area contributed by atoms with Crippen molar-refractivity contribution in [2.45, 2.75) is 24.9 Å². The fraction of sp³-hybridized carbons (Fsp3) is 0.423. The highest BCUT2D eigenvalue weighted by atomic mass is 16.2. The van der Waals surface area contributed by atoms with Gasteiger partial charge in [-0.05, 0) is 56.7 Å². The summed E-state index contributed by atoms with van der Waals surface area (Å²) in [5.41, 5.74) is 2.04. The lowest BCUT2D eigenvalue weighted by Gasteiger charge is -2.42. The summed E-state index contributed by atoms with van der Waals surface area (Å²) in [5.74, 6) is -0.0837. The van der Waals surface area contributed by atoms with E-state index in [2.05, 4.69) is 27.9 Å². The van der Waals surface area contributed by atoms with Gasteiger partial charge in [0.1, 0.15) is 6.04 Å². The van der Waals surface area contributed by atoms with Gasteiger partial charge in [0, 0.05) is 32.2 Å². The van der Waals surface area contributed by atoms with Crippen LogP contribution in [0.4, 0.5) is 0 Å². The average Bonchev–Trinajstić information content (AvgIpc) is 3.20. The number of aromatic amines is 1. The van der Waals surface area contributed by atoms with E-state index in [1.165, 1.54) is 17.4 Å². The van der Waals surface area contributed by atoms with E-state index in [9.17, 15) is 14.9 Å². The van der Waals surface area contributed by atoms with Crippen molar-refractivity contribution in [3.05, 3.63) is 70.1 Å². The zero-order valence-corrected chi connectivity index (χ0v) is 19.5. The van der Waals surface area contributed by atoms with Gasteiger partial charge < -0.3 is 14.8 Å². The number of carbonyl (C=O) groups is 1. The van der Waals surface area contributed by atoms with Gasteiger partial charge in [0.15, 0.2) is 0 Å². The molecule has 3 heterocycles. The normalized spacial score (nSPS) is 19.2. The molecule has 34 heavy (non-hydrogen) atoms. The Labute approximate surface area is 199 Å². The Bertz CT molecular complexity index is 1260. The van der Waals surface area contributed by atoms with E-state index in [0.29, 0.717) is 35.7 Å². The van der Waals surface area contributed by atoms with E-state index in [4.69, 9.17) is 0 Å². The van der Waals surface area contributed by atoms with Crippen LogP contribution in [0.15, 0.2) is 53.3 Å². The molecule has 2 aliphatic heterocycles. The molecule has 0 radical (unpaired) electrons. The molecule has 0 saturated carbocycles. The van der Waals surface area contributed by atoms with Crippen LogP contribution in [-0.4, -0.2) is 82.5 Å². The predicted molar refractivity (Wildman–Crippen MR) is 131 cm³/mol. The van der Waals surface area contributed by atoms with Crippen LogP contribution >= 0.6 is 0 Å². The van der Waals surface area contributed by atoms with Crippen molar-refractivity contribution < 1.29 is 4.79 Å². The number of carbonyl (C=O) groups excluding carboxylic acids is 1. The fourth-order valence-corrected chi connectivity index (χ4v) is 5.33. The quantitative estimate of drug-likeness (QED) is 0.646. The number of amides is 1. The maximum absolute atomic E-state index is 13.9. The molecule has 8 nitrogen and oxygen atoms in total. The number of hydrogen-bond donors (Lipinski definition) is 1. The first kappa shape index (κ1) is 22.4. The Kier molecular flexibility index (Phi) is 6.22. The van der Waals surface area contributed by atoms with Crippen LogP contribution in [0, 0.1) is 11.3 Å². The van der Waals surface area contributed by atoms with E-state index in [1.807, 2.05) is 35.2 Å². The summed E-state index contributed by atoms with van der Waals surface area (Å²) in [6, 6.07) is 16.4. The van der Waals surface area contributed by atoms with Crippen molar-refractivity contribution in [3.8, 4) is 6.07 Å². The Hall–Kier alpha value is -3.41. The molecule has 0 spiro atoms. The van der Waals surface area contributed by atoms with Crippen molar-refractivity contribution in [1.29, 1.82) is 5.26 Å². The van der Waals surface area contributed by atoms with Crippen LogP contribution in [0.5, 0.6) is 0 Å². The average molecular weight is 459 g/mol. The van der Waals surface area contributed by atoms with E-state index >= 15 is 0 Å². The summed E-state index contributed by atoms with van der Waals surface area (Å²) < 4.78 is 1.51. The van der Waals surface area contributed by atoms with Crippen LogP contribution in [0.3, 0.4) is 0 Å². The molecule has 1 unspecified atom stereocenters. The number of piperazine rings is 1. The van der Waals surface area contributed by atoms with Crippen LogP contribution < -0.4 is 5.69 Å². The molecule has 5 rings (SSSR count). The number of nitriles is 1. The summed E-state index contributed by atoms with van der Waals surface area (Å²) >= 11 is 0.